The van der Waals surface area contributed by atoms with E-state index in [0.29, 0.717) is 6.61 Å². The Hall–Kier alpha value is -0.970. The molecule has 1 heterocycles. The van der Waals surface area contributed by atoms with E-state index >= 15 is 0 Å². The number of benzene rings is 1. The van der Waals surface area contributed by atoms with Crippen LogP contribution in [0.3, 0.4) is 0 Å². The number of ether oxygens (including phenoxy) is 1. The van der Waals surface area contributed by atoms with Crippen molar-refractivity contribution in [2.75, 3.05) is 6.26 Å². The van der Waals surface area contributed by atoms with Gasteiger partial charge in [0.1, 0.15) is 12.4 Å². The highest BCUT2D eigenvalue weighted by molar-refractivity contribution is 7.98. The summed E-state index contributed by atoms with van der Waals surface area (Å²) < 4.78 is 5.90. The van der Waals surface area contributed by atoms with Crippen LogP contribution >= 0.6 is 23.1 Å². The number of nitrogens with one attached hydrogen (secondary N) is 1. The zero-order valence-electron chi connectivity index (χ0n) is 12.5. The van der Waals surface area contributed by atoms with Crippen molar-refractivity contribution < 1.29 is 4.74 Å². The van der Waals surface area contributed by atoms with Crippen LogP contribution in [-0.4, -0.2) is 12.3 Å². The number of hydrogen-bond acceptors (Lipinski definition) is 4. The minimum absolute atomic E-state index is 0.657. The molecule has 0 radical (unpaired) electrons. The van der Waals surface area contributed by atoms with Crippen LogP contribution < -0.4 is 10.1 Å². The Kier molecular flexibility index (Phi) is 4.88. The Morgan fingerprint density at radius 2 is 2.05 bits per heavy atom. The number of thiophene rings is 1. The van der Waals surface area contributed by atoms with Gasteiger partial charge in [-0.1, -0.05) is 0 Å². The number of aryl methyl sites for hydroxylation is 1. The van der Waals surface area contributed by atoms with Crippen molar-refractivity contribution in [2.45, 2.75) is 43.9 Å². The molecule has 2 aromatic rings. The summed E-state index contributed by atoms with van der Waals surface area (Å²) in [4.78, 5) is 4.04. The van der Waals surface area contributed by atoms with Gasteiger partial charge in [-0.15, -0.1) is 23.1 Å². The zero-order chi connectivity index (χ0) is 14.7. The van der Waals surface area contributed by atoms with Gasteiger partial charge in [0.05, 0.1) is 0 Å². The van der Waals surface area contributed by atoms with Crippen LogP contribution in [0.25, 0.3) is 0 Å². The zero-order valence-corrected chi connectivity index (χ0v) is 14.2. The average Bonchev–Trinajstić information content (AvgIpc) is 3.27. The lowest BCUT2D eigenvalue weighted by molar-refractivity contribution is 0.306. The summed E-state index contributed by atoms with van der Waals surface area (Å²) in [5.41, 5.74) is 1.31. The Morgan fingerprint density at radius 3 is 2.71 bits per heavy atom. The Labute approximate surface area is 134 Å². The van der Waals surface area contributed by atoms with E-state index in [1.165, 1.54) is 33.1 Å². The van der Waals surface area contributed by atoms with E-state index in [-0.39, 0.29) is 0 Å². The van der Waals surface area contributed by atoms with Gasteiger partial charge in [-0.05, 0) is 56.4 Å². The van der Waals surface area contributed by atoms with Crippen LogP contribution in [0.2, 0.25) is 0 Å². The molecule has 112 valence electrons. The highest BCUT2D eigenvalue weighted by Gasteiger charge is 2.20. The van der Waals surface area contributed by atoms with Crippen molar-refractivity contribution in [2.24, 2.45) is 0 Å². The summed E-state index contributed by atoms with van der Waals surface area (Å²) in [5.74, 6) is 0.941. The lowest BCUT2D eigenvalue weighted by Gasteiger charge is -2.06. The van der Waals surface area contributed by atoms with Crippen LogP contribution in [0, 0.1) is 6.92 Å². The molecule has 1 aromatic carbocycles. The fourth-order valence-electron chi connectivity index (χ4n) is 2.18. The summed E-state index contributed by atoms with van der Waals surface area (Å²) in [6.07, 6.45) is 4.76. The average molecular weight is 319 g/mol. The molecule has 1 saturated carbocycles. The summed E-state index contributed by atoms with van der Waals surface area (Å²) in [5, 5.41) is 3.57. The van der Waals surface area contributed by atoms with Crippen LogP contribution in [-0.2, 0) is 13.2 Å². The van der Waals surface area contributed by atoms with Gasteiger partial charge < -0.3 is 10.1 Å². The first kappa shape index (κ1) is 14.9. The topological polar surface area (TPSA) is 21.3 Å². The molecule has 1 N–H and O–H groups in total. The van der Waals surface area contributed by atoms with Gasteiger partial charge in [-0.25, -0.2) is 0 Å². The van der Waals surface area contributed by atoms with Gasteiger partial charge in [-0.3, -0.25) is 0 Å². The van der Waals surface area contributed by atoms with Gasteiger partial charge in [0, 0.05) is 32.8 Å². The second kappa shape index (κ2) is 6.86. The quantitative estimate of drug-likeness (QED) is 0.753. The molecule has 1 aromatic heterocycles. The first-order chi connectivity index (χ1) is 10.2. The molecule has 0 bridgehead atoms. The highest BCUT2D eigenvalue weighted by Crippen LogP contribution is 2.26. The van der Waals surface area contributed by atoms with E-state index in [2.05, 4.69) is 36.7 Å². The summed E-state index contributed by atoms with van der Waals surface area (Å²) >= 11 is 3.63. The molecule has 0 unspecified atom stereocenters. The van der Waals surface area contributed by atoms with Crippen molar-refractivity contribution in [3.05, 3.63) is 45.6 Å². The van der Waals surface area contributed by atoms with Gasteiger partial charge in [0.25, 0.3) is 0 Å². The molecule has 2 nitrogen and oxygen atoms in total. The van der Waals surface area contributed by atoms with Crippen molar-refractivity contribution in [1.82, 2.24) is 5.32 Å². The van der Waals surface area contributed by atoms with Crippen LogP contribution in [0.5, 0.6) is 5.75 Å². The van der Waals surface area contributed by atoms with Gasteiger partial charge >= 0.3 is 0 Å². The smallest absolute Gasteiger partial charge is 0.119 e. The van der Waals surface area contributed by atoms with E-state index in [9.17, 15) is 0 Å². The minimum atomic E-state index is 0.657. The summed E-state index contributed by atoms with van der Waals surface area (Å²) in [7, 11) is 0. The molecular formula is C17H21NOS2. The van der Waals surface area contributed by atoms with E-state index in [0.717, 1.165) is 18.3 Å². The third-order valence-electron chi connectivity index (χ3n) is 3.67. The van der Waals surface area contributed by atoms with E-state index in [1.807, 2.05) is 23.5 Å². The van der Waals surface area contributed by atoms with Crippen molar-refractivity contribution in [1.29, 1.82) is 0 Å². The maximum absolute atomic E-state index is 5.90. The van der Waals surface area contributed by atoms with Gasteiger partial charge in [-0.2, -0.15) is 0 Å². The largest absolute Gasteiger partial charge is 0.489 e. The van der Waals surface area contributed by atoms with Crippen LogP contribution in [0.1, 0.15) is 28.2 Å². The van der Waals surface area contributed by atoms with E-state index < -0.39 is 0 Å². The summed E-state index contributed by atoms with van der Waals surface area (Å²) in [6.45, 7) is 3.84. The van der Waals surface area contributed by atoms with Crippen molar-refractivity contribution in [3.63, 3.8) is 0 Å². The molecule has 4 heteroatoms. The number of rotatable bonds is 7. The molecule has 0 aliphatic heterocycles. The summed E-state index contributed by atoms with van der Waals surface area (Å²) in [6, 6.07) is 11.3. The molecule has 0 spiro atoms. The van der Waals surface area contributed by atoms with Gasteiger partial charge in [0.2, 0.25) is 0 Å². The first-order valence-corrected chi connectivity index (χ1v) is 9.37. The number of hydrogen-bond donors (Lipinski definition) is 1. The molecule has 21 heavy (non-hydrogen) atoms. The Morgan fingerprint density at radius 1 is 1.29 bits per heavy atom. The van der Waals surface area contributed by atoms with Crippen LogP contribution in [0.15, 0.2) is 35.2 Å². The predicted octanol–water partition coefficient (Wildman–Crippen LogP) is 4.61. The van der Waals surface area contributed by atoms with E-state index in [1.54, 1.807) is 11.8 Å². The maximum Gasteiger partial charge on any atom is 0.119 e. The van der Waals surface area contributed by atoms with E-state index in [4.69, 9.17) is 4.74 Å². The monoisotopic (exact) mass is 319 g/mol. The van der Waals surface area contributed by atoms with Crippen molar-refractivity contribution in [3.8, 4) is 5.75 Å². The molecule has 0 amide bonds. The molecule has 3 rings (SSSR count). The molecule has 1 aliphatic carbocycles. The molecule has 0 saturated heterocycles. The predicted molar refractivity (Wildman–Crippen MR) is 91.5 cm³/mol. The minimum Gasteiger partial charge on any atom is -0.489 e. The normalized spacial score (nSPS) is 14.4. The van der Waals surface area contributed by atoms with Crippen LogP contribution in [0.4, 0.5) is 0 Å². The maximum atomic E-state index is 5.90. The standard InChI is InChI=1S/C17H21NOS2/c1-12-13(9-17(21-12)10-18-14-3-4-14)11-19-15-5-7-16(20-2)8-6-15/h5-9,14,18H,3-4,10-11H2,1-2H3. The fraction of sp³-hybridized carbons (Fsp3) is 0.412. The number of thioether (sulfide) groups is 1. The first-order valence-electron chi connectivity index (χ1n) is 7.33. The Bertz CT molecular complexity index is 587. The molecular weight excluding hydrogens is 298 g/mol. The molecule has 1 aliphatic rings. The third-order valence-corrected chi connectivity index (χ3v) is 5.50. The highest BCUT2D eigenvalue weighted by atomic mass is 32.2. The fourth-order valence-corrected chi connectivity index (χ4v) is 3.59. The molecule has 0 atom stereocenters. The lowest BCUT2D eigenvalue weighted by Crippen LogP contribution is -2.14. The lowest BCUT2D eigenvalue weighted by atomic mass is 10.2. The second-order valence-electron chi connectivity index (χ2n) is 5.41. The SMILES string of the molecule is CSc1ccc(OCc2cc(CNC3CC3)sc2C)cc1. The Balaban J connectivity index is 1.55. The second-order valence-corrected chi connectivity index (χ2v) is 7.63. The molecule has 1 fully saturated rings. The van der Waals surface area contributed by atoms with Gasteiger partial charge in [0.15, 0.2) is 0 Å². The third kappa shape index (κ3) is 4.25. The van der Waals surface area contributed by atoms with Crippen molar-refractivity contribution >= 4 is 23.1 Å².